The highest BCUT2D eigenvalue weighted by molar-refractivity contribution is 5.39. The fourth-order valence-electron chi connectivity index (χ4n) is 1.49. The molecular formula is C12H15N3. The number of nitrogens with zero attached hydrogens (tertiary/aromatic N) is 2. The van der Waals surface area contributed by atoms with Crippen molar-refractivity contribution in [2.45, 2.75) is 20.4 Å². The van der Waals surface area contributed by atoms with E-state index in [2.05, 4.69) is 36.3 Å². The lowest BCUT2D eigenvalue weighted by Gasteiger charge is -2.01. The third-order valence-electron chi connectivity index (χ3n) is 2.45. The molecule has 0 amide bonds. The van der Waals surface area contributed by atoms with E-state index in [0.29, 0.717) is 0 Å². The second kappa shape index (κ2) is 3.77. The highest BCUT2D eigenvalue weighted by Crippen LogP contribution is 2.10. The lowest BCUT2D eigenvalue weighted by atomic mass is 10.1. The van der Waals surface area contributed by atoms with E-state index in [4.69, 9.17) is 5.73 Å². The predicted octanol–water partition coefficient (Wildman–Crippen LogP) is 2.13. The second-order valence-electron chi connectivity index (χ2n) is 3.85. The lowest BCUT2D eigenvalue weighted by molar-refractivity contribution is 0.679. The van der Waals surface area contributed by atoms with E-state index in [1.165, 1.54) is 11.1 Å². The summed E-state index contributed by atoms with van der Waals surface area (Å²) in [6, 6.07) is 8.44. The quantitative estimate of drug-likeness (QED) is 0.808. The molecule has 0 spiro atoms. The number of hydrogen-bond acceptors (Lipinski definition) is 2. The zero-order chi connectivity index (χ0) is 10.8. The van der Waals surface area contributed by atoms with Gasteiger partial charge in [0.25, 0.3) is 0 Å². The van der Waals surface area contributed by atoms with Gasteiger partial charge >= 0.3 is 0 Å². The Morgan fingerprint density at radius 3 is 2.40 bits per heavy atom. The molecule has 2 rings (SSSR count). The Hall–Kier alpha value is -1.77. The first-order chi connectivity index (χ1) is 7.15. The summed E-state index contributed by atoms with van der Waals surface area (Å²) in [7, 11) is 0. The van der Waals surface area contributed by atoms with Gasteiger partial charge in [-0.2, -0.15) is 5.10 Å². The van der Waals surface area contributed by atoms with Crippen molar-refractivity contribution in [2.24, 2.45) is 0 Å². The Morgan fingerprint density at radius 1 is 1.20 bits per heavy atom. The molecule has 0 saturated heterocycles. The predicted molar refractivity (Wildman–Crippen MR) is 61.7 cm³/mol. The third kappa shape index (κ3) is 2.18. The standard InChI is InChI=1S/C12H15N3/c1-9-3-5-11(6-4-9)7-15-8-12(13)10(2)14-15/h3-6,8H,7,13H2,1-2H3. The van der Waals surface area contributed by atoms with Gasteiger partial charge in [-0.25, -0.2) is 0 Å². The monoisotopic (exact) mass is 201 g/mol. The van der Waals surface area contributed by atoms with Crippen molar-refractivity contribution in [1.29, 1.82) is 0 Å². The van der Waals surface area contributed by atoms with E-state index in [9.17, 15) is 0 Å². The Morgan fingerprint density at radius 2 is 1.87 bits per heavy atom. The highest BCUT2D eigenvalue weighted by atomic mass is 15.3. The minimum absolute atomic E-state index is 0.752. The van der Waals surface area contributed by atoms with E-state index in [1.54, 1.807) is 0 Å². The summed E-state index contributed by atoms with van der Waals surface area (Å²) in [4.78, 5) is 0. The van der Waals surface area contributed by atoms with Gasteiger partial charge in [-0.05, 0) is 19.4 Å². The molecule has 1 heterocycles. The van der Waals surface area contributed by atoms with Crippen molar-refractivity contribution >= 4 is 5.69 Å². The molecule has 1 aromatic carbocycles. The smallest absolute Gasteiger partial charge is 0.0823 e. The summed E-state index contributed by atoms with van der Waals surface area (Å²) in [6.45, 7) is 4.78. The maximum Gasteiger partial charge on any atom is 0.0823 e. The van der Waals surface area contributed by atoms with Gasteiger partial charge in [0.15, 0.2) is 0 Å². The molecule has 3 heteroatoms. The van der Waals surface area contributed by atoms with Crippen LogP contribution in [0.1, 0.15) is 16.8 Å². The lowest BCUT2D eigenvalue weighted by Crippen LogP contribution is -2.00. The largest absolute Gasteiger partial charge is 0.396 e. The van der Waals surface area contributed by atoms with Crippen LogP contribution in [0.2, 0.25) is 0 Å². The number of aryl methyl sites for hydroxylation is 2. The van der Waals surface area contributed by atoms with Crippen LogP contribution < -0.4 is 5.73 Å². The molecule has 0 radical (unpaired) electrons. The van der Waals surface area contributed by atoms with E-state index < -0.39 is 0 Å². The first kappa shape index (κ1) is 9.77. The van der Waals surface area contributed by atoms with Gasteiger partial charge in [0, 0.05) is 6.20 Å². The van der Waals surface area contributed by atoms with Crippen molar-refractivity contribution in [3.8, 4) is 0 Å². The Kier molecular flexibility index (Phi) is 2.46. The van der Waals surface area contributed by atoms with Crippen LogP contribution in [0, 0.1) is 13.8 Å². The molecule has 3 nitrogen and oxygen atoms in total. The van der Waals surface area contributed by atoms with Gasteiger partial charge in [0.2, 0.25) is 0 Å². The molecule has 1 aromatic heterocycles. The van der Waals surface area contributed by atoms with Gasteiger partial charge in [0.05, 0.1) is 17.9 Å². The number of rotatable bonds is 2. The zero-order valence-electron chi connectivity index (χ0n) is 9.07. The molecule has 15 heavy (non-hydrogen) atoms. The van der Waals surface area contributed by atoms with Crippen molar-refractivity contribution < 1.29 is 0 Å². The first-order valence-electron chi connectivity index (χ1n) is 5.00. The number of hydrogen-bond donors (Lipinski definition) is 1. The van der Waals surface area contributed by atoms with E-state index in [-0.39, 0.29) is 0 Å². The number of nitrogen functional groups attached to an aromatic ring is 1. The van der Waals surface area contributed by atoms with Gasteiger partial charge < -0.3 is 5.73 Å². The molecule has 0 fully saturated rings. The van der Waals surface area contributed by atoms with Crippen LogP contribution >= 0.6 is 0 Å². The molecule has 0 bridgehead atoms. The normalized spacial score (nSPS) is 10.5. The average molecular weight is 201 g/mol. The summed E-state index contributed by atoms with van der Waals surface area (Å²) >= 11 is 0. The van der Waals surface area contributed by atoms with Crippen molar-refractivity contribution in [3.63, 3.8) is 0 Å². The van der Waals surface area contributed by atoms with Gasteiger partial charge in [-0.1, -0.05) is 29.8 Å². The fraction of sp³-hybridized carbons (Fsp3) is 0.250. The minimum atomic E-state index is 0.752. The molecule has 0 aliphatic carbocycles. The van der Waals surface area contributed by atoms with Crippen LogP contribution in [0.5, 0.6) is 0 Å². The van der Waals surface area contributed by atoms with E-state index in [0.717, 1.165) is 17.9 Å². The summed E-state index contributed by atoms with van der Waals surface area (Å²) in [5.74, 6) is 0. The molecule has 0 unspecified atom stereocenters. The SMILES string of the molecule is Cc1ccc(Cn2cc(N)c(C)n2)cc1. The third-order valence-corrected chi connectivity index (χ3v) is 2.45. The zero-order valence-corrected chi connectivity index (χ0v) is 9.07. The highest BCUT2D eigenvalue weighted by Gasteiger charge is 2.01. The Bertz CT molecular complexity index is 435. The molecule has 2 N–H and O–H groups in total. The van der Waals surface area contributed by atoms with Crippen LogP contribution in [-0.2, 0) is 6.54 Å². The fourth-order valence-corrected chi connectivity index (χ4v) is 1.49. The molecule has 0 aliphatic rings. The van der Waals surface area contributed by atoms with Crippen LogP contribution in [0.4, 0.5) is 5.69 Å². The molecule has 0 aliphatic heterocycles. The molecular weight excluding hydrogens is 186 g/mol. The molecule has 2 aromatic rings. The molecule has 78 valence electrons. The number of aromatic nitrogens is 2. The van der Waals surface area contributed by atoms with Crippen LogP contribution in [0.25, 0.3) is 0 Å². The first-order valence-corrected chi connectivity index (χ1v) is 5.00. The number of benzene rings is 1. The van der Waals surface area contributed by atoms with Crippen LogP contribution in [0.3, 0.4) is 0 Å². The van der Waals surface area contributed by atoms with Crippen molar-refractivity contribution in [2.75, 3.05) is 5.73 Å². The topological polar surface area (TPSA) is 43.8 Å². The minimum Gasteiger partial charge on any atom is -0.396 e. The van der Waals surface area contributed by atoms with E-state index >= 15 is 0 Å². The van der Waals surface area contributed by atoms with Gasteiger partial charge in [0.1, 0.15) is 0 Å². The second-order valence-corrected chi connectivity index (χ2v) is 3.85. The van der Waals surface area contributed by atoms with Crippen LogP contribution in [0.15, 0.2) is 30.5 Å². The molecule has 0 atom stereocenters. The summed E-state index contributed by atoms with van der Waals surface area (Å²) in [5, 5.41) is 4.32. The summed E-state index contributed by atoms with van der Waals surface area (Å²) in [6.07, 6.45) is 1.87. The maximum absolute atomic E-state index is 5.74. The maximum atomic E-state index is 5.74. The average Bonchev–Trinajstić information content (AvgIpc) is 2.50. The van der Waals surface area contributed by atoms with Gasteiger partial charge in [-0.3, -0.25) is 4.68 Å². The van der Waals surface area contributed by atoms with Crippen molar-refractivity contribution in [3.05, 3.63) is 47.3 Å². The summed E-state index contributed by atoms with van der Waals surface area (Å²) in [5.41, 5.74) is 9.89. The molecule has 0 saturated carbocycles. The number of nitrogens with two attached hydrogens (primary N) is 1. The number of anilines is 1. The van der Waals surface area contributed by atoms with Crippen LogP contribution in [-0.4, -0.2) is 9.78 Å². The summed E-state index contributed by atoms with van der Waals surface area (Å²) < 4.78 is 1.87. The van der Waals surface area contributed by atoms with Crippen molar-refractivity contribution in [1.82, 2.24) is 9.78 Å². The van der Waals surface area contributed by atoms with E-state index in [1.807, 2.05) is 17.8 Å². The van der Waals surface area contributed by atoms with Gasteiger partial charge in [-0.15, -0.1) is 0 Å². The Labute approximate surface area is 89.5 Å². The Balaban J connectivity index is 2.18.